The van der Waals surface area contributed by atoms with Crippen molar-refractivity contribution in [2.75, 3.05) is 0 Å². The van der Waals surface area contributed by atoms with Gasteiger partial charge in [0.2, 0.25) is 0 Å². The average Bonchev–Trinajstić information content (AvgIpc) is 2.79. The number of hydrogen-bond acceptors (Lipinski definition) is 4. The van der Waals surface area contributed by atoms with E-state index in [4.69, 9.17) is 16.3 Å². The van der Waals surface area contributed by atoms with E-state index in [-0.39, 0.29) is 22.9 Å². The molecule has 3 aromatic carbocycles. The van der Waals surface area contributed by atoms with Crippen molar-refractivity contribution in [3.63, 3.8) is 0 Å². The summed E-state index contributed by atoms with van der Waals surface area (Å²) in [6.45, 7) is 3.72. The van der Waals surface area contributed by atoms with Crippen molar-refractivity contribution in [3.05, 3.63) is 93.2 Å². The zero-order chi connectivity index (χ0) is 24.5. The van der Waals surface area contributed by atoms with Crippen LogP contribution in [0.25, 0.3) is 22.3 Å². The summed E-state index contributed by atoms with van der Waals surface area (Å²) in [4.78, 5) is 17.7. The van der Waals surface area contributed by atoms with Gasteiger partial charge in [-0.2, -0.15) is 22.9 Å². The van der Waals surface area contributed by atoms with E-state index in [1.807, 2.05) is 13.8 Å². The summed E-state index contributed by atoms with van der Waals surface area (Å²) in [6.07, 6.45) is -3.30. The molecule has 0 fully saturated rings. The maximum atomic E-state index is 13.3. The third-order valence-corrected chi connectivity index (χ3v) is 5.08. The molecule has 34 heavy (non-hydrogen) atoms. The summed E-state index contributed by atoms with van der Waals surface area (Å²) >= 11 is 6.13. The summed E-state index contributed by atoms with van der Waals surface area (Å²) < 4.78 is 46.7. The molecule has 0 atom stereocenters. The summed E-state index contributed by atoms with van der Waals surface area (Å²) in [5.41, 5.74) is -0.443. The predicted octanol–water partition coefficient (Wildman–Crippen LogP) is 6.41. The zero-order valence-electron chi connectivity index (χ0n) is 18.2. The molecule has 0 saturated heterocycles. The Hall–Kier alpha value is -3.65. The molecule has 0 amide bonds. The molecule has 0 bridgehead atoms. The van der Waals surface area contributed by atoms with E-state index in [2.05, 4.69) is 10.1 Å². The Kier molecular flexibility index (Phi) is 6.43. The largest absolute Gasteiger partial charge is 0.490 e. The maximum absolute atomic E-state index is 13.3. The predicted molar refractivity (Wildman–Crippen MR) is 127 cm³/mol. The highest BCUT2D eigenvalue weighted by molar-refractivity contribution is 6.30. The number of hydrogen-bond donors (Lipinski definition) is 0. The number of alkyl halides is 3. The Morgan fingerprint density at radius 1 is 1.06 bits per heavy atom. The van der Waals surface area contributed by atoms with Crippen molar-refractivity contribution in [2.24, 2.45) is 5.10 Å². The molecule has 0 radical (unpaired) electrons. The van der Waals surface area contributed by atoms with E-state index in [9.17, 15) is 18.0 Å². The van der Waals surface area contributed by atoms with E-state index < -0.39 is 17.3 Å². The van der Waals surface area contributed by atoms with Crippen LogP contribution in [0.1, 0.15) is 25.0 Å². The summed E-state index contributed by atoms with van der Waals surface area (Å²) in [5, 5.41) is 5.01. The normalized spacial score (nSPS) is 12.1. The number of aromatic nitrogens is 2. The molecule has 4 rings (SSSR count). The number of halogens is 4. The fourth-order valence-corrected chi connectivity index (χ4v) is 3.53. The summed E-state index contributed by atoms with van der Waals surface area (Å²) in [7, 11) is 0. The molecule has 0 saturated carbocycles. The van der Waals surface area contributed by atoms with Crippen LogP contribution in [0.4, 0.5) is 13.2 Å². The van der Waals surface area contributed by atoms with E-state index in [1.165, 1.54) is 18.3 Å². The molecule has 0 unspecified atom stereocenters. The molecular weight excluding hydrogens is 467 g/mol. The molecule has 1 aromatic heterocycles. The van der Waals surface area contributed by atoms with Gasteiger partial charge in [-0.15, -0.1) is 0 Å². The Labute approximate surface area is 198 Å². The standard InChI is InChI=1S/C25H19ClF3N3O2/c1-15(2)34-22-11-10-19(26)13-17(22)14-30-32-23(16-6-5-7-18(12-16)25(27,28)29)31-21-9-4-3-8-20(21)24(32)33/h3-15H,1-2H3. The fraction of sp³-hybridized carbons (Fsp3) is 0.160. The van der Waals surface area contributed by atoms with E-state index >= 15 is 0 Å². The molecule has 0 aliphatic rings. The van der Waals surface area contributed by atoms with Crippen LogP contribution in [-0.4, -0.2) is 22.0 Å². The second-order valence-corrected chi connectivity index (χ2v) is 8.18. The van der Waals surface area contributed by atoms with Gasteiger partial charge >= 0.3 is 6.18 Å². The first-order chi connectivity index (χ1) is 16.1. The molecule has 0 spiro atoms. The SMILES string of the molecule is CC(C)Oc1ccc(Cl)cc1C=Nn1c(-c2cccc(C(F)(F)F)c2)nc2ccccc2c1=O. The van der Waals surface area contributed by atoms with Gasteiger partial charge in [-0.05, 0) is 56.3 Å². The minimum absolute atomic E-state index is 0.0283. The Morgan fingerprint density at radius 2 is 1.82 bits per heavy atom. The van der Waals surface area contributed by atoms with Crippen molar-refractivity contribution >= 4 is 28.7 Å². The zero-order valence-corrected chi connectivity index (χ0v) is 18.9. The topological polar surface area (TPSA) is 56.5 Å². The summed E-state index contributed by atoms with van der Waals surface area (Å²) in [5.74, 6) is 0.463. The minimum Gasteiger partial charge on any atom is -0.490 e. The first kappa shape index (κ1) is 23.5. The number of para-hydroxylation sites is 1. The number of ether oxygens (including phenoxy) is 1. The molecule has 5 nitrogen and oxygen atoms in total. The Bertz CT molecular complexity index is 1450. The van der Waals surface area contributed by atoms with Gasteiger partial charge in [0.05, 0.1) is 28.8 Å². The van der Waals surface area contributed by atoms with Crippen LogP contribution in [0.5, 0.6) is 5.75 Å². The van der Waals surface area contributed by atoms with Crippen LogP contribution in [0.15, 0.2) is 76.6 Å². The van der Waals surface area contributed by atoms with Gasteiger partial charge in [-0.3, -0.25) is 4.79 Å². The third-order valence-electron chi connectivity index (χ3n) is 4.85. The number of fused-ring (bicyclic) bond motifs is 1. The van der Waals surface area contributed by atoms with Crippen LogP contribution < -0.4 is 10.3 Å². The highest BCUT2D eigenvalue weighted by atomic mass is 35.5. The van der Waals surface area contributed by atoms with Crippen molar-refractivity contribution in [1.82, 2.24) is 9.66 Å². The van der Waals surface area contributed by atoms with Gasteiger partial charge in [0.1, 0.15) is 5.75 Å². The lowest BCUT2D eigenvalue weighted by Crippen LogP contribution is -2.20. The highest BCUT2D eigenvalue weighted by Crippen LogP contribution is 2.32. The third kappa shape index (κ3) is 4.97. The minimum atomic E-state index is -4.55. The second kappa shape index (κ2) is 9.30. The van der Waals surface area contributed by atoms with Crippen LogP contribution in [0.3, 0.4) is 0 Å². The Balaban J connectivity index is 1.93. The molecule has 4 aromatic rings. The number of rotatable bonds is 5. The lowest BCUT2D eigenvalue weighted by molar-refractivity contribution is -0.137. The first-order valence-electron chi connectivity index (χ1n) is 10.3. The molecule has 0 N–H and O–H groups in total. The highest BCUT2D eigenvalue weighted by Gasteiger charge is 2.31. The molecule has 9 heteroatoms. The fourth-order valence-electron chi connectivity index (χ4n) is 3.35. The van der Waals surface area contributed by atoms with Crippen LogP contribution in [-0.2, 0) is 6.18 Å². The van der Waals surface area contributed by atoms with Crippen molar-refractivity contribution in [3.8, 4) is 17.1 Å². The van der Waals surface area contributed by atoms with Crippen LogP contribution >= 0.6 is 11.6 Å². The second-order valence-electron chi connectivity index (χ2n) is 7.74. The van der Waals surface area contributed by atoms with Gasteiger partial charge in [0.15, 0.2) is 5.82 Å². The summed E-state index contributed by atoms with van der Waals surface area (Å²) in [6, 6.07) is 16.1. The van der Waals surface area contributed by atoms with Crippen LogP contribution in [0, 0.1) is 0 Å². The quantitative estimate of drug-likeness (QED) is 0.307. The molecular formula is C25H19ClF3N3O2. The van der Waals surface area contributed by atoms with Crippen LogP contribution in [0.2, 0.25) is 5.02 Å². The number of benzene rings is 3. The van der Waals surface area contributed by atoms with Gasteiger partial charge in [-0.25, -0.2) is 4.98 Å². The lowest BCUT2D eigenvalue weighted by atomic mass is 10.1. The first-order valence-corrected chi connectivity index (χ1v) is 10.7. The maximum Gasteiger partial charge on any atom is 0.416 e. The number of nitrogens with zero attached hydrogens (tertiary/aromatic N) is 3. The van der Waals surface area contributed by atoms with Gasteiger partial charge < -0.3 is 4.74 Å². The molecule has 1 heterocycles. The van der Waals surface area contributed by atoms with Crippen molar-refractivity contribution < 1.29 is 17.9 Å². The smallest absolute Gasteiger partial charge is 0.416 e. The molecule has 0 aliphatic carbocycles. The van der Waals surface area contributed by atoms with E-state index in [0.29, 0.717) is 21.9 Å². The van der Waals surface area contributed by atoms with E-state index in [1.54, 1.807) is 42.5 Å². The monoisotopic (exact) mass is 485 g/mol. The van der Waals surface area contributed by atoms with Gasteiger partial charge in [-0.1, -0.05) is 35.9 Å². The average molecular weight is 486 g/mol. The Morgan fingerprint density at radius 3 is 2.56 bits per heavy atom. The molecule has 174 valence electrons. The van der Waals surface area contributed by atoms with Crippen molar-refractivity contribution in [2.45, 2.75) is 26.1 Å². The van der Waals surface area contributed by atoms with Gasteiger partial charge in [0.25, 0.3) is 5.56 Å². The van der Waals surface area contributed by atoms with Gasteiger partial charge in [0, 0.05) is 16.1 Å². The van der Waals surface area contributed by atoms with Crippen molar-refractivity contribution in [1.29, 1.82) is 0 Å². The lowest BCUT2D eigenvalue weighted by Gasteiger charge is -2.13. The van der Waals surface area contributed by atoms with E-state index in [0.717, 1.165) is 16.8 Å². The molecule has 0 aliphatic heterocycles.